The van der Waals surface area contributed by atoms with Crippen LogP contribution in [-0.4, -0.2) is 47.1 Å². The quantitative estimate of drug-likeness (QED) is 0.499. The number of halogens is 15. The van der Waals surface area contributed by atoms with Gasteiger partial charge in [0.05, 0.1) is 0 Å². The Hall–Kier alpha value is -1.84. The van der Waals surface area contributed by atoms with E-state index in [9.17, 15) is 70.7 Å². The largest absolute Gasteiger partial charge is 0.478 e. The zero-order valence-corrected chi connectivity index (χ0v) is 11.0. The molecule has 0 aliphatic heterocycles. The van der Waals surface area contributed by atoms with Crippen molar-refractivity contribution in [3.8, 4) is 0 Å². The Bertz CT molecular complexity index is 593. The molecule has 0 aromatic carbocycles. The van der Waals surface area contributed by atoms with Crippen molar-refractivity contribution in [2.24, 2.45) is 0 Å². The molecule has 0 saturated carbocycles. The van der Waals surface area contributed by atoms with E-state index in [1.165, 1.54) is 0 Å². The topological polar surface area (TPSA) is 37.3 Å². The molecule has 0 aliphatic rings. The maximum Gasteiger partial charge on any atom is 0.460 e. The van der Waals surface area contributed by atoms with Crippen LogP contribution in [0, 0.1) is 0 Å². The summed E-state index contributed by atoms with van der Waals surface area (Å²) in [5, 5.41) is 7.89. The highest BCUT2D eigenvalue weighted by Gasteiger charge is 2.88. The lowest BCUT2D eigenvalue weighted by Gasteiger charge is -2.36. The summed E-state index contributed by atoms with van der Waals surface area (Å²) in [5.74, 6) is -40.7. The molecule has 26 heavy (non-hydrogen) atoms. The van der Waals surface area contributed by atoms with E-state index in [-0.39, 0.29) is 0 Å². The summed E-state index contributed by atoms with van der Waals surface area (Å²) in [5.41, 5.74) is -4.21. The zero-order chi connectivity index (χ0) is 21.7. The Balaban J connectivity index is 6.74. The maximum atomic E-state index is 13.0. The van der Waals surface area contributed by atoms with Crippen molar-refractivity contribution >= 4 is 5.97 Å². The molecule has 0 fully saturated rings. The fourth-order valence-corrected chi connectivity index (χ4v) is 1.21. The van der Waals surface area contributed by atoms with Crippen LogP contribution in [0.3, 0.4) is 0 Å². The second-order valence-electron chi connectivity index (χ2n) is 4.29. The van der Waals surface area contributed by atoms with Gasteiger partial charge in [-0.05, 0) is 0 Å². The SMILES string of the molecule is O=C(O)C(=C(F)C(F)(F)C(F)(F)C(F)(F)C(F)(F)C(F)(F)F)C(F)(F)F. The molecule has 154 valence electrons. The van der Waals surface area contributed by atoms with Crippen molar-refractivity contribution in [3.05, 3.63) is 11.4 Å². The molecule has 17 heteroatoms. The molecule has 1 N–H and O–H groups in total. The molecular formula is C9HF15O2. The molecule has 0 heterocycles. The summed E-state index contributed by atoms with van der Waals surface area (Å²) in [6, 6.07) is 0. The lowest BCUT2D eigenvalue weighted by atomic mass is 9.95. The van der Waals surface area contributed by atoms with E-state index in [1.54, 1.807) is 0 Å². The van der Waals surface area contributed by atoms with Crippen molar-refractivity contribution in [1.29, 1.82) is 0 Å². The fraction of sp³-hybridized carbons (Fsp3) is 0.667. The second kappa shape index (κ2) is 6.11. The van der Waals surface area contributed by atoms with Crippen LogP contribution in [0.4, 0.5) is 65.9 Å². The molecule has 2 nitrogen and oxygen atoms in total. The molecule has 0 radical (unpaired) electrons. The van der Waals surface area contributed by atoms with Crippen molar-refractivity contribution in [2.75, 3.05) is 0 Å². The highest BCUT2D eigenvalue weighted by Crippen LogP contribution is 2.59. The number of hydrogen-bond acceptors (Lipinski definition) is 1. The monoisotopic (exact) mass is 426 g/mol. The van der Waals surface area contributed by atoms with Gasteiger partial charge in [0.2, 0.25) is 0 Å². The number of carboxylic acid groups (broad SMARTS) is 1. The summed E-state index contributed by atoms with van der Waals surface area (Å²) in [4.78, 5) is 10.1. The van der Waals surface area contributed by atoms with Crippen molar-refractivity contribution in [1.82, 2.24) is 0 Å². The number of carbonyl (C=O) groups is 1. The molecule has 0 aromatic rings. The van der Waals surface area contributed by atoms with E-state index in [1.807, 2.05) is 0 Å². The molecule has 0 amide bonds. The van der Waals surface area contributed by atoms with Crippen LogP contribution >= 0.6 is 0 Å². The lowest BCUT2D eigenvalue weighted by molar-refractivity contribution is -0.419. The van der Waals surface area contributed by atoms with Crippen molar-refractivity contribution in [3.63, 3.8) is 0 Å². The molecule has 0 aliphatic carbocycles. The number of aliphatic carboxylic acids is 1. The number of rotatable bonds is 5. The summed E-state index contributed by atoms with van der Waals surface area (Å²) in [6.07, 6.45) is -14.4. The molecular weight excluding hydrogens is 425 g/mol. The highest BCUT2D eigenvalue weighted by atomic mass is 19.4. The van der Waals surface area contributed by atoms with Gasteiger partial charge in [-0.15, -0.1) is 0 Å². The summed E-state index contributed by atoms with van der Waals surface area (Å²) >= 11 is 0. The number of alkyl halides is 14. The van der Waals surface area contributed by atoms with Crippen molar-refractivity contribution < 1.29 is 75.8 Å². The van der Waals surface area contributed by atoms with E-state index >= 15 is 0 Å². The molecule has 0 spiro atoms. The van der Waals surface area contributed by atoms with E-state index < -0.39 is 53.4 Å². The van der Waals surface area contributed by atoms with E-state index in [4.69, 9.17) is 5.11 Å². The Morgan fingerprint density at radius 1 is 0.615 bits per heavy atom. The van der Waals surface area contributed by atoms with E-state index in [2.05, 4.69) is 0 Å². The molecule has 0 unspecified atom stereocenters. The summed E-state index contributed by atoms with van der Waals surface area (Å²) in [7, 11) is 0. The molecule has 0 saturated heterocycles. The summed E-state index contributed by atoms with van der Waals surface area (Å²) < 4.78 is 187. The van der Waals surface area contributed by atoms with Gasteiger partial charge in [0.25, 0.3) is 0 Å². The standard InChI is InChI=1S/C9HF15O2/c10-2(1(3(25)26)5(13,14)15)4(11,12)6(16,17)7(18,19)8(20,21)9(22,23)24/h(H,25,26). The minimum absolute atomic E-state index is 3.77. The second-order valence-corrected chi connectivity index (χ2v) is 4.29. The maximum absolute atomic E-state index is 13.0. The van der Waals surface area contributed by atoms with Gasteiger partial charge < -0.3 is 5.11 Å². The zero-order valence-electron chi connectivity index (χ0n) is 11.0. The van der Waals surface area contributed by atoms with Gasteiger partial charge in [-0.25, -0.2) is 9.18 Å². The third-order valence-electron chi connectivity index (χ3n) is 2.53. The number of allylic oxidation sites excluding steroid dienone is 1. The van der Waals surface area contributed by atoms with Crippen LogP contribution in [0.25, 0.3) is 0 Å². The Labute approximate surface area is 130 Å². The molecule has 0 rings (SSSR count). The van der Waals surface area contributed by atoms with Crippen LogP contribution in [0.2, 0.25) is 0 Å². The fourth-order valence-electron chi connectivity index (χ4n) is 1.21. The van der Waals surface area contributed by atoms with Gasteiger partial charge in [0.1, 0.15) is 0 Å². The molecule has 0 atom stereocenters. The van der Waals surface area contributed by atoms with Gasteiger partial charge in [-0.2, -0.15) is 61.5 Å². The van der Waals surface area contributed by atoms with Gasteiger partial charge in [0, 0.05) is 0 Å². The molecule has 0 bridgehead atoms. The average Bonchev–Trinajstić information content (AvgIpc) is 2.34. The van der Waals surface area contributed by atoms with Gasteiger partial charge >= 0.3 is 42.0 Å². The lowest BCUT2D eigenvalue weighted by Crippen LogP contribution is -2.66. The Morgan fingerprint density at radius 3 is 1.19 bits per heavy atom. The Kier molecular flexibility index (Phi) is 5.67. The summed E-state index contributed by atoms with van der Waals surface area (Å²) in [6.45, 7) is 0. The van der Waals surface area contributed by atoms with Crippen LogP contribution in [0.15, 0.2) is 11.4 Å². The van der Waals surface area contributed by atoms with Crippen LogP contribution < -0.4 is 0 Å². The third kappa shape index (κ3) is 3.38. The van der Waals surface area contributed by atoms with Crippen LogP contribution in [0.1, 0.15) is 0 Å². The minimum Gasteiger partial charge on any atom is -0.478 e. The van der Waals surface area contributed by atoms with Gasteiger partial charge in [0.15, 0.2) is 11.4 Å². The first kappa shape index (κ1) is 24.2. The Morgan fingerprint density at radius 2 is 0.962 bits per heavy atom. The average molecular weight is 426 g/mol. The number of carboxylic acids is 1. The highest BCUT2D eigenvalue weighted by molar-refractivity contribution is 5.89. The smallest absolute Gasteiger partial charge is 0.460 e. The predicted octanol–water partition coefficient (Wildman–Crippen LogP) is 4.96. The number of hydrogen-bond donors (Lipinski definition) is 1. The van der Waals surface area contributed by atoms with E-state index in [0.717, 1.165) is 0 Å². The third-order valence-corrected chi connectivity index (χ3v) is 2.53. The predicted molar refractivity (Wildman–Crippen MR) is 47.7 cm³/mol. The van der Waals surface area contributed by atoms with Crippen LogP contribution in [0.5, 0.6) is 0 Å². The van der Waals surface area contributed by atoms with Crippen LogP contribution in [-0.2, 0) is 4.79 Å². The first-order valence-corrected chi connectivity index (χ1v) is 5.26. The minimum atomic E-state index is -8.19. The van der Waals surface area contributed by atoms with Gasteiger partial charge in [-0.3, -0.25) is 0 Å². The van der Waals surface area contributed by atoms with Crippen molar-refractivity contribution in [2.45, 2.75) is 36.0 Å². The first-order valence-electron chi connectivity index (χ1n) is 5.26. The first-order chi connectivity index (χ1) is 11.0. The van der Waals surface area contributed by atoms with E-state index in [0.29, 0.717) is 0 Å². The normalized spacial score (nSPS) is 16.4. The molecule has 0 aromatic heterocycles. The van der Waals surface area contributed by atoms with Gasteiger partial charge in [-0.1, -0.05) is 0 Å².